The molecule has 1 aliphatic carbocycles. The summed E-state index contributed by atoms with van der Waals surface area (Å²) in [5.74, 6) is 0.388. The maximum Gasteiger partial charge on any atom is 0.339 e. The summed E-state index contributed by atoms with van der Waals surface area (Å²) in [6.07, 6.45) is 7.54. The van der Waals surface area contributed by atoms with Crippen molar-refractivity contribution in [3.63, 3.8) is 0 Å². The molecule has 2 aromatic carbocycles. The molecule has 7 nitrogen and oxygen atoms in total. The Morgan fingerprint density at radius 2 is 1.84 bits per heavy atom. The lowest BCUT2D eigenvalue weighted by Gasteiger charge is -2.23. The van der Waals surface area contributed by atoms with E-state index < -0.39 is 10.1 Å². The molecule has 2 N–H and O–H groups in total. The number of methoxy groups -OCH3 is 1. The number of hydrogen-bond donors (Lipinski definition) is 2. The Morgan fingerprint density at radius 1 is 1.09 bits per heavy atom. The van der Waals surface area contributed by atoms with E-state index in [2.05, 4.69) is 15.8 Å². The molecule has 0 unspecified atom stereocenters. The van der Waals surface area contributed by atoms with Gasteiger partial charge in [0.25, 0.3) is 0 Å². The van der Waals surface area contributed by atoms with Crippen LogP contribution in [0.25, 0.3) is 0 Å². The predicted molar refractivity (Wildman–Crippen MR) is 130 cm³/mol. The molecule has 3 rings (SSSR count). The molecule has 1 saturated carbocycles. The second-order valence-corrected chi connectivity index (χ2v) is 9.82. The predicted octanol–water partition coefficient (Wildman–Crippen LogP) is 4.21. The van der Waals surface area contributed by atoms with Crippen LogP contribution in [0.2, 0.25) is 0 Å². The molecule has 2 aromatic rings. The molecule has 0 aliphatic heterocycles. The van der Waals surface area contributed by atoms with Crippen LogP contribution in [0.5, 0.6) is 11.5 Å². The largest absolute Gasteiger partial charge is 0.493 e. The van der Waals surface area contributed by atoms with Gasteiger partial charge in [0.05, 0.1) is 13.3 Å². The van der Waals surface area contributed by atoms with Crippen molar-refractivity contribution >= 4 is 33.7 Å². The van der Waals surface area contributed by atoms with Crippen molar-refractivity contribution in [3.8, 4) is 11.5 Å². The normalized spacial score (nSPS) is 14.8. The third-order valence-corrected chi connectivity index (χ3v) is 6.91. The third-order valence-electron chi connectivity index (χ3n) is 5.32. The lowest BCUT2D eigenvalue weighted by molar-refractivity contribution is 0.390. The number of aryl methyl sites for hydroxylation is 2. The van der Waals surface area contributed by atoms with Crippen molar-refractivity contribution in [1.82, 2.24) is 10.7 Å². The fourth-order valence-corrected chi connectivity index (χ4v) is 5.08. The van der Waals surface area contributed by atoms with Crippen LogP contribution in [0.3, 0.4) is 0 Å². The van der Waals surface area contributed by atoms with E-state index in [4.69, 9.17) is 21.1 Å². The first-order valence-electron chi connectivity index (χ1n) is 10.6. The van der Waals surface area contributed by atoms with E-state index in [0.717, 1.165) is 18.4 Å². The Labute approximate surface area is 195 Å². The van der Waals surface area contributed by atoms with Crippen molar-refractivity contribution in [1.29, 1.82) is 0 Å². The number of hydrogen-bond acceptors (Lipinski definition) is 6. The molecule has 0 amide bonds. The molecule has 9 heteroatoms. The van der Waals surface area contributed by atoms with Gasteiger partial charge in [-0.05, 0) is 79.9 Å². The Bertz CT molecular complexity index is 1090. The molecule has 0 spiro atoms. The minimum absolute atomic E-state index is 0.105. The second-order valence-electron chi connectivity index (χ2n) is 7.90. The number of hydrazone groups is 1. The van der Waals surface area contributed by atoms with Crippen LogP contribution in [-0.2, 0) is 10.1 Å². The van der Waals surface area contributed by atoms with Gasteiger partial charge in [-0.3, -0.25) is 5.43 Å². The van der Waals surface area contributed by atoms with Crippen molar-refractivity contribution in [2.75, 3.05) is 7.11 Å². The smallest absolute Gasteiger partial charge is 0.339 e. The molecule has 1 aliphatic rings. The van der Waals surface area contributed by atoms with Crippen molar-refractivity contribution in [2.24, 2.45) is 5.10 Å². The van der Waals surface area contributed by atoms with Gasteiger partial charge in [0.2, 0.25) is 0 Å². The highest BCUT2D eigenvalue weighted by Gasteiger charge is 2.21. The van der Waals surface area contributed by atoms with Gasteiger partial charge >= 0.3 is 10.1 Å². The molecule has 32 heavy (non-hydrogen) atoms. The van der Waals surface area contributed by atoms with E-state index in [1.807, 2.05) is 13.0 Å². The lowest BCUT2D eigenvalue weighted by Crippen LogP contribution is -2.40. The van der Waals surface area contributed by atoms with Crippen molar-refractivity contribution in [3.05, 3.63) is 53.1 Å². The van der Waals surface area contributed by atoms with Gasteiger partial charge in [0.1, 0.15) is 4.90 Å². The summed E-state index contributed by atoms with van der Waals surface area (Å²) in [4.78, 5) is 0.133. The molecular weight excluding hydrogens is 446 g/mol. The average Bonchev–Trinajstić information content (AvgIpc) is 2.76. The summed E-state index contributed by atoms with van der Waals surface area (Å²) in [6, 6.07) is 10.5. The Morgan fingerprint density at radius 3 is 2.56 bits per heavy atom. The molecule has 1 fully saturated rings. The summed E-state index contributed by atoms with van der Waals surface area (Å²) in [7, 11) is -2.55. The zero-order chi connectivity index (χ0) is 23.1. The number of thiocarbonyl (C=S) groups is 1. The summed E-state index contributed by atoms with van der Waals surface area (Å²) in [5, 5.41) is 7.93. The Kier molecular flexibility index (Phi) is 8.09. The number of benzene rings is 2. The molecular formula is C23H29N3O4S2. The monoisotopic (exact) mass is 475 g/mol. The topological polar surface area (TPSA) is 89.0 Å². The first-order chi connectivity index (χ1) is 15.3. The van der Waals surface area contributed by atoms with Crippen LogP contribution in [0, 0.1) is 13.8 Å². The van der Waals surface area contributed by atoms with Crippen LogP contribution in [0.4, 0.5) is 0 Å². The zero-order valence-corrected chi connectivity index (χ0v) is 20.2. The van der Waals surface area contributed by atoms with E-state index in [-0.39, 0.29) is 16.4 Å². The summed E-state index contributed by atoms with van der Waals surface area (Å²) >= 11 is 5.30. The zero-order valence-electron chi connectivity index (χ0n) is 18.6. The standard InChI is InChI=1S/C23H29N3O4S2/c1-16-9-10-17(2)22(13-16)32(27,28)30-20-12-11-18(14-21(20)29-3)15-24-26-23(31)25-19-7-5-4-6-8-19/h9-15,19H,4-8H2,1-3H3,(H2,25,26,31). The van der Waals surface area contributed by atoms with Crippen LogP contribution in [0.1, 0.15) is 48.8 Å². The SMILES string of the molecule is COc1cc(C=NNC(=S)NC2CCCCC2)ccc1OS(=O)(=O)c1cc(C)ccc1C. The van der Waals surface area contributed by atoms with Gasteiger partial charge in [-0.1, -0.05) is 31.4 Å². The van der Waals surface area contributed by atoms with Crippen LogP contribution in [0.15, 0.2) is 46.4 Å². The Balaban J connectivity index is 1.67. The van der Waals surface area contributed by atoms with E-state index in [1.165, 1.54) is 26.4 Å². The van der Waals surface area contributed by atoms with E-state index in [1.54, 1.807) is 43.5 Å². The van der Waals surface area contributed by atoms with Gasteiger partial charge in [0.15, 0.2) is 16.6 Å². The summed E-state index contributed by atoms with van der Waals surface area (Å²) in [6.45, 7) is 3.56. The van der Waals surface area contributed by atoms with Gasteiger partial charge in [-0.15, -0.1) is 0 Å². The Hall–Kier alpha value is -2.65. The second kappa shape index (κ2) is 10.8. The van der Waals surface area contributed by atoms with E-state index in [0.29, 0.717) is 22.3 Å². The van der Waals surface area contributed by atoms with Gasteiger partial charge in [0, 0.05) is 6.04 Å². The fourth-order valence-electron chi connectivity index (χ4n) is 3.60. The first-order valence-corrected chi connectivity index (χ1v) is 12.4. The number of rotatable bonds is 7. The molecule has 0 saturated heterocycles. The van der Waals surface area contributed by atoms with Gasteiger partial charge < -0.3 is 14.2 Å². The quantitative estimate of drug-likeness (QED) is 0.268. The fraction of sp³-hybridized carbons (Fsp3) is 0.391. The maximum absolute atomic E-state index is 12.8. The van der Waals surface area contributed by atoms with E-state index >= 15 is 0 Å². The molecule has 0 bridgehead atoms. The summed E-state index contributed by atoms with van der Waals surface area (Å²) in [5.41, 5.74) is 4.97. The van der Waals surface area contributed by atoms with Gasteiger partial charge in [-0.25, -0.2) is 0 Å². The molecule has 0 radical (unpaired) electrons. The highest BCUT2D eigenvalue weighted by molar-refractivity contribution is 7.87. The lowest BCUT2D eigenvalue weighted by atomic mass is 9.96. The van der Waals surface area contributed by atoms with Crippen molar-refractivity contribution in [2.45, 2.75) is 56.9 Å². The van der Waals surface area contributed by atoms with Crippen LogP contribution < -0.4 is 19.7 Å². The summed E-state index contributed by atoms with van der Waals surface area (Å²) < 4.78 is 36.3. The van der Waals surface area contributed by atoms with Crippen molar-refractivity contribution < 1.29 is 17.3 Å². The molecule has 0 heterocycles. The minimum atomic E-state index is -4.01. The molecule has 0 atom stereocenters. The average molecular weight is 476 g/mol. The minimum Gasteiger partial charge on any atom is -0.493 e. The first kappa shape index (κ1) is 24.0. The highest BCUT2D eigenvalue weighted by atomic mass is 32.2. The number of nitrogens with zero attached hydrogens (tertiary/aromatic N) is 1. The van der Waals surface area contributed by atoms with Gasteiger partial charge in [-0.2, -0.15) is 13.5 Å². The highest BCUT2D eigenvalue weighted by Crippen LogP contribution is 2.31. The molecule has 172 valence electrons. The number of nitrogens with one attached hydrogen (secondary N) is 2. The molecule has 0 aromatic heterocycles. The number of ether oxygens (including phenoxy) is 1. The van der Waals surface area contributed by atoms with Crippen LogP contribution >= 0.6 is 12.2 Å². The maximum atomic E-state index is 12.8. The van der Waals surface area contributed by atoms with E-state index in [9.17, 15) is 8.42 Å². The van der Waals surface area contributed by atoms with Crippen LogP contribution in [-0.4, -0.2) is 32.9 Å². The third kappa shape index (κ3) is 6.43.